The number of fused-ring (bicyclic) bond motifs is 2. The van der Waals surface area contributed by atoms with Gasteiger partial charge in [-0.1, -0.05) is 0 Å². The average molecular weight is 364 g/mol. The zero-order valence-corrected chi connectivity index (χ0v) is 14.3. The molecule has 0 fully saturated rings. The second kappa shape index (κ2) is 6.39. The van der Waals surface area contributed by atoms with Crippen LogP contribution in [0.15, 0.2) is 31.0 Å². The molecule has 0 amide bonds. The highest BCUT2D eigenvalue weighted by molar-refractivity contribution is 5.36. The van der Waals surface area contributed by atoms with Gasteiger partial charge in [0.1, 0.15) is 5.82 Å². The van der Waals surface area contributed by atoms with E-state index in [0.717, 1.165) is 30.5 Å². The monoisotopic (exact) mass is 364 g/mol. The first-order chi connectivity index (χ1) is 12.4. The van der Waals surface area contributed by atoms with E-state index in [9.17, 15) is 13.2 Å². The van der Waals surface area contributed by atoms with Gasteiger partial charge in [0.15, 0.2) is 11.3 Å². The predicted molar refractivity (Wildman–Crippen MR) is 88.4 cm³/mol. The number of rotatable bonds is 4. The van der Waals surface area contributed by atoms with Gasteiger partial charge in [0.25, 0.3) is 0 Å². The van der Waals surface area contributed by atoms with Gasteiger partial charge in [0.05, 0.1) is 18.1 Å². The Balaban J connectivity index is 1.41. The van der Waals surface area contributed by atoms with Crippen molar-refractivity contribution in [1.82, 2.24) is 28.8 Å². The fourth-order valence-electron chi connectivity index (χ4n) is 3.59. The van der Waals surface area contributed by atoms with E-state index in [2.05, 4.69) is 19.9 Å². The fraction of sp³-hybridized carbons (Fsp3) is 0.471. The first kappa shape index (κ1) is 17.0. The quantitative estimate of drug-likeness (QED) is 0.714. The molecular weight excluding hydrogens is 345 g/mol. The number of hydrogen-bond acceptors (Lipinski definition) is 4. The van der Waals surface area contributed by atoms with Crippen molar-refractivity contribution >= 4 is 5.65 Å². The Morgan fingerprint density at radius 3 is 2.96 bits per heavy atom. The normalized spacial score (nSPS) is 17.8. The summed E-state index contributed by atoms with van der Waals surface area (Å²) in [7, 11) is 2.02. The van der Waals surface area contributed by atoms with Crippen LogP contribution in [-0.2, 0) is 25.7 Å². The van der Waals surface area contributed by atoms with Crippen LogP contribution in [-0.4, -0.2) is 42.4 Å². The molecule has 138 valence electrons. The van der Waals surface area contributed by atoms with Crippen LogP contribution in [0.5, 0.6) is 0 Å². The lowest BCUT2D eigenvalue weighted by Crippen LogP contribution is -2.31. The van der Waals surface area contributed by atoms with Gasteiger partial charge in [0.2, 0.25) is 0 Å². The van der Waals surface area contributed by atoms with Crippen molar-refractivity contribution in [2.45, 2.75) is 32.1 Å². The van der Waals surface area contributed by atoms with Crippen molar-refractivity contribution in [2.24, 2.45) is 5.92 Å². The Morgan fingerprint density at radius 1 is 1.31 bits per heavy atom. The molecular formula is C17H19F3N6. The number of nitrogens with zero attached hydrogens (tertiary/aromatic N) is 6. The summed E-state index contributed by atoms with van der Waals surface area (Å²) in [5, 5.41) is 0. The maximum absolute atomic E-state index is 12.8. The van der Waals surface area contributed by atoms with Gasteiger partial charge in [-0.15, -0.1) is 0 Å². The molecule has 6 nitrogen and oxygen atoms in total. The lowest BCUT2D eigenvalue weighted by atomic mass is 9.99. The number of hydrogen-bond donors (Lipinski definition) is 0. The van der Waals surface area contributed by atoms with Gasteiger partial charge >= 0.3 is 6.18 Å². The zero-order valence-electron chi connectivity index (χ0n) is 14.3. The molecule has 0 N–H and O–H groups in total. The van der Waals surface area contributed by atoms with Crippen molar-refractivity contribution in [2.75, 3.05) is 13.6 Å². The number of aryl methyl sites for hydroxylation is 1. The molecule has 0 spiro atoms. The third-order valence-electron chi connectivity index (χ3n) is 4.78. The molecule has 0 saturated carbocycles. The summed E-state index contributed by atoms with van der Waals surface area (Å²) in [6.45, 7) is 2.09. The predicted octanol–water partition coefficient (Wildman–Crippen LogP) is 2.64. The minimum absolute atomic E-state index is 0.295. The largest absolute Gasteiger partial charge is 0.434 e. The molecule has 0 radical (unpaired) electrons. The second-order valence-electron chi connectivity index (χ2n) is 6.85. The van der Waals surface area contributed by atoms with Gasteiger partial charge in [-0.3, -0.25) is 9.38 Å². The lowest BCUT2D eigenvalue weighted by molar-refractivity contribution is -0.141. The summed E-state index contributed by atoms with van der Waals surface area (Å²) in [5.74, 6) is 0.828. The first-order valence-corrected chi connectivity index (χ1v) is 8.48. The highest BCUT2D eigenvalue weighted by Crippen LogP contribution is 2.30. The molecule has 0 unspecified atom stereocenters. The minimum atomic E-state index is -4.38. The third-order valence-corrected chi connectivity index (χ3v) is 4.78. The molecule has 3 aromatic rings. The number of alkyl halides is 3. The van der Waals surface area contributed by atoms with E-state index < -0.39 is 11.9 Å². The van der Waals surface area contributed by atoms with Crippen molar-refractivity contribution in [3.05, 3.63) is 48.2 Å². The van der Waals surface area contributed by atoms with Crippen LogP contribution in [0.1, 0.15) is 23.6 Å². The summed E-state index contributed by atoms with van der Waals surface area (Å²) >= 11 is 0. The summed E-state index contributed by atoms with van der Waals surface area (Å²) in [4.78, 5) is 14.3. The molecule has 1 atom stereocenters. The van der Waals surface area contributed by atoms with Crippen LogP contribution < -0.4 is 0 Å². The van der Waals surface area contributed by atoms with Crippen LogP contribution in [0.3, 0.4) is 0 Å². The Bertz CT molecular complexity index is 913. The summed E-state index contributed by atoms with van der Waals surface area (Å²) < 4.78 is 42.1. The van der Waals surface area contributed by atoms with Gasteiger partial charge < -0.3 is 9.47 Å². The van der Waals surface area contributed by atoms with E-state index in [1.165, 1.54) is 0 Å². The van der Waals surface area contributed by atoms with Crippen LogP contribution in [0, 0.1) is 5.92 Å². The van der Waals surface area contributed by atoms with Gasteiger partial charge in [-0.25, -0.2) is 9.97 Å². The van der Waals surface area contributed by atoms with Crippen molar-refractivity contribution in [3.8, 4) is 0 Å². The fourth-order valence-corrected chi connectivity index (χ4v) is 3.59. The maximum Gasteiger partial charge on any atom is 0.434 e. The van der Waals surface area contributed by atoms with Crippen LogP contribution in [0.25, 0.3) is 5.65 Å². The lowest BCUT2D eigenvalue weighted by Gasteiger charge is -2.28. The topological polar surface area (TPSA) is 51.3 Å². The maximum atomic E-state index is 12.8. The number of aromatic nitrogens is 5. The van der Waals surface area contributed by atoms with Gasteiger partial charge in [-0.05, 0) is 19.4 Å². The molecule has 26 heavy (non-hydrogen) atoms. The third kappa shape index (κ3) is 3.31. The van der Waals surface area contributed by atoms with E-state index in [4.69, 9.17) is 0 Å². The van der Waals surface area contributed by atoms with Crippen molar-refractivity contribution in [3.63, 3.8) is 0 Å². The Morgan fingerprint density at radius 2 is 2.15 bits per heavy atom. The molecule has 0 saturated heterocycles. The van der Waals surface area contributed by atoms with E-state index >= 15 is 0 Å². The first-order valence-electron chi connectivity index (χ1n) is 8.48. The zero-order chi connectivity index (χ0) is 18.3. The highest BCUT2D eigenvalue weighted by atomic mass is 19.4. The van der Waals surface area contributed by atoms with E-state index in [0.29, 0.717) is 31.3 Å². The average Bonchev–Trinajstić information content (AvgIpc) is 3.19. The Labute approximate surface area is 148 Å². The Hall–Kier alpha value is -2.42. The standard InChI is InChI=1S/C17H19F3N6/c1-24(10-13-6-22-16-7-21-4-5-26(13)16)8-12-2-3-15-23-14(17(18,19)20)11-25(15)9-12/h4-7,11-12H,2-3,8-10H2,1H3/t12-/m1/s1. The second-order valence-corrected chi connectivity index (χ2v) is 6.85. The van der Waals surface area contributed by atoms with E-state index in [-0.39, 0.29) is 0 Å². The molecule has 0 aliphatic carbocycles. The van der Waals surface area contributed by atoms with Crippen molar-refractivity contribution in [1.29, 1.82) is 0 Å². The van der Waals surface area contributed by atoms with Gasteiger partial charge in [-0.2, -0.15) is 13.2 Å². The molecule has 4 heterocycles. The van der Waals surface area contributed by atoms with Gasteiger partial charge in [0, 0.05) is 44.6 Å². The van der Waals surface area contributed by atoms with Crippen LogP contribution >= 0.6 is 0 Å². The molecule has 3 aromatic heterocycles. The molecule has 4 rings (SSSR count). The van der Waals surface area contributed by atoms with E-state index in [1.54, 1.807) is 17.0 Å². The smallest absolute Gasteiger partial charge is 0.334 e. The minimum Gasteiger partial charge on any atom is -0.334 e. The summed E-state index contributed by atoms with van der Waals surface area (Å²) in [5.41, 5.74) is 1.07. The summed E-state index contributed by atoms with van der Waals surface area (Å²) in [6.07, 6.45) is 5.32. The summed E-state index contributed by atoms with van der Waals surface area (Å²) in [6, 6.07) is 0. The van der Waals surface area contributed by atoms with Crippen LogP contribution in [0.2, 0.25) is 0 Å². The molecule has 9 heteroatoms. The Kier molecular flexibility index (Phi) is 4.18. The molecule has 0 aromatic carbocycles. The molecule has 0 bridgehead atoms. The molecule has 1 aliphatic heterocycles. The SMILES string of the molecule is CN(Cc1cnc2cnccn12)C[C@H]1CCc2nc(C(F)(F)F)cn2C1. The highest BCUT2D eigenvalue weighted by Gasteiger charge is 2.35. The van der Waals surface area contributed by atoms with Crippen LogP contribution in [0.4, 0.5) is 13.2 Å². The van der Waals surface area contributed by atoms with E-state index in [1.807, 2.05) is 23.8 Å². The number of imidazole rings is 2. The number of halogens is 3. The molecule has 1 aliphatic rings. The van der Waals surface area contributed by atoms with Crippen molar-refractivity contribution < 1.29 is 13.2 Å².